The number of thiazole rings is 1. The van der Waals surface area contributed by atoms with Gasteiger partial charge in [-0.15, -0.1) is 11.8 Å². The summed E-state index contributed by atoms with van der Waals surface area (Å²) in [6, 6.07) is 31.2. The van der Waals surface area contributed by atoms with E-state index in [0.717, 1.165) is 16.7 Å². The van der Waals surface area contributed by atoms with Gasteiger partial charge in [-0.1, -0.05) is 102 Å². The first-order valence-electron chi connectivity index (χ1n) is 9.68. The van der Waals surface area contributed by atoms with Crippen LogP contribution in [-0.2, 0) is 4.75 Å². The van der Waals surface area contributed by atoms with Gasteiger partial charge in [-0.25, -0.2) is 4.98 Å². The summed E-state index contributed by atoms with van der Waals surface area (Å²) in [4.78, 5) is 16.4. The normalized spacial score (nSPS) is 11.6. The van der Waals surface area contributed by atoms with Crippen LogP contribution in [-0.4, -0.2) is 10.9 Å². The molecule has 6 heteroatoms. The van der Waals surface area contributed by atoms with Crippen LogP contribution < -0.4 is 11.5 Å². The molecule has 0 radical (unpaired) electrons. The second-order valence-corrected chi connectivity index (χ2v) is 9.01. The topological polar surface area (TPSA) is 82.0 Å². The van der Waals surface area contributed by atoms with Crippen LogP contribution in [0.2, 0.25) is 0 Å². The van der Waals surface area contributed by atoms with Gasteiger partial charge in [0.25, 0.3) is 5.91 Å². The Balaban J connectivity index is 1.86. The van der Waals surface area contributed by atoms with Gasteiger partial charge in [0.2, 0.25) is 0 Å². The number of carbonyl (C=O) groups excluding carboxylic acids is 1. The minimum Gasteiger partial charge on any atom is -0.375 e. The summed E-state index contributed by atoms with van der Waals surface area (Å²) in [7, 11) is 0. The van der Waals surface area contributed by atoms with E-state index < -0.39 is 10.7 Å². The fourth-order valence-corrected chi connectivity index (χ4v) is 5.61. The molecule has 0 bridgehead atoms. The lowest BCUT2D eigenvalue weighted by Crippen LogP contribution is -2.24. The van der Waals surface area contributed by atoms with Crippen molar-refractivity contribution in [3.8, 4) is 0 Å². The van der Waals surface area contributed by atoms with Gasteiger partial charge in [-0.2, -0.15) is 0 Å². The van der Waals surface area contributed by atoms with Crippen LogP contribution >= 0.6 is 23.1 Å². The molecule has 4 rings (SSSR count). The molecule has 0 aliphatic carbocycles. The van der Waals surface area contributed by atoms with Crippen molar-refractivity contribution in [3.63, 3.8) is 0 Å². The minimum atomic E-state index is -0.585. The third-order valence-electron chi connectivity index (χ3n) is 4.91. The maximum atomic E-state index is 11.7. The molecular weight excluding hydrogens is 422 g/mol. The van der Waals surface area contributed by atoms with Crippen molar-refractivity contribution in [1.82, 2.24) is 4.98 Å². The van der Waals surface area contributed by atoms with Gasteiger partial charge in [0.15, 0.2) is 5.13 Å². The molecule has 0 atom stereocenters. The van der Waals surface area contributed by atoms with E-state index in [1.165, 1.54) is 11.3 Å². The summed E-state index contributed by atoms with van der Waals surface area (Å²) in [5, 5.41) is 2.31. The number of hydrogen-bond donors (Lipinski definition) is 2. The first-order chi connectivity index (χ1) is 15.1. The highest BCUT2D eigenvalue weighted by Crippen LogP contribution is 2.49. The zero-order valence-corrected chi connectivity index (χ0v) is 18.3. The van der Waals surface area contributed by atoms with E-state index in [1.54, 1.807) is 11.8 Å². The third kappa shape index (κ3) is 4.26. The van der Waals surface area contributed by atoms with E-state index in [0.29, 0.717) is 10.0 Å². The molecule has 0 aliphatic rings. The number of amides is 1. The number of nitrogens with two attached hydrogens (primary N) is 2. The Hall–Kier alpha value is -3.35. The van der Waals surface area contributed by atoms with E-state index in [2.05, 4.69) is 77.8 Å². The maximum Gasteiger partial charge on any atom is 0.268 e. The molecule has 4 nitrogen and oxygen atoms in total. The van der Waals surface area contributed by atoms with Crippen molar-refractivity contribution in [3.05, 3.63) is 124 Å². The van der Waals surface area contributed by atoms with Crippen LogP contribution in [0.3, 0.4) is 0 Å². The van der Waals surface area contributed by atoms with Crippen LogP contribution in [0.5, 0.6) is 0 Å². The Morgan fingerprint density at radius 1 is 0.839 bits per heavy atom. The molecule has 0 saturated carbocycles. The number of carbonyl (C=O) groups is 1. The third-order valence-corrected chi connectivity index (χ3v) is 7.09. The Bertz CT molecular complexity index is 1090. The van der Waals surface area contributed by atoms with Gasteiger partial charge >= 0.3 is 0 Å². The largest absolute Gasteiger partial charge is 0.375 e. The van der Waals surface area contributed by atoms with E-state index in [4.69, 9.17) is 11.5 Å². The smallest absolute Gasteiger partial charge is 0.268 e. The van der Waals surface area contributed by atoms with Crippen molar-refractivity contribution < 1.29 is 4.79 Å². The average molecular weight is 444 g/mol. The first-order valence-corrected chi connectivity index (χ1v) is 11.4. The molecule has 31 heavy (non-hydrogen) atoms. The van der Waals surface area contributed by atoms with Crippen LogP contribution in [0.1, 0.15) is 32.1 Å². The standard InChI is InChI=1S/C25H21N3OS2/c26-23(29)22-21(31-24(27)28-22)16-17-30-25(18-10-4-1-5-11-18,19-12-6-2-7-13-19)20-14-8-3-9-15-20/h1-17H,(H2,26,29)(H2,27,28). The number of rotatable bonds is 7. The highest BCUT2D eigenvalue weighted by atomic mass is 32.2. The van der Waals surface area contributed by atoms with Gasteiger partial charge in [0.1, 0.15) is 5.69 Å². The molecular formula is C25H21N3OS2. The first kappa shape index (κ1) is 20.9. The van der Waals surface area contributed by atoms with Gasteiger partial charge in [0.05, 0.1) is 9.62 Å². The summed E-state index contributed by atoms with van der Waals surface area (Å²) in [5.74, 6) is -0.585. The second kappa shape index (κ2) is 9.20. The highest BCUT2D eigenvalue weighted by molar-refractivity contribution is 8.03. The van der Waals surface area contributed by atoms with Crippen molar-refractivity contribution in [2.45, 2.75) is 4.75 Å². The van der Waals surface area contributed by atoms with Crippen molar-refractivity contribution >= 4 is 40.2 Å². The van der Waals surface area contributed by atoms with Crippen molar-refractivity contribution in [2.24, 2.45) is 5.73 Å². The zero-order valence-electron chi connectivity index (χ0n) is 16.6. The van der Waals surface area contributed by atoms with E-state index in [1.807, 2.05) is 29.7 Å². The molecule has 0 unspecified atom stereocenters. The lowest BCUT2D eigenvalue weighted by molar-refractivity contribution is 0.0996. The summed E-state index contributed by atoms with van der Waals surface area (Å²) in [6.07, 6.45) is 1.86. The van der Waals surface area contributed by atoms with Crippen LogP contribution in [0.25, 0.3) is 6.08 Å². The molecule has 0 saturated heterocycles. The number of nitrogens with zero attached hydrogens (tertiary/aromatic N) is 1. The number of anilines is 1. The van der Waals surface area contributed by atoms with Gasteiger partial charge in [0, 0.05) is 0 Å². The molecule has 154 valence electrons. The molecule has 0 fully saturated rings. The Morgan fingerprint density at radius 2 is 1.29 bits per heavy atom. The number of hydrogen-bond acceptors (Lipinski definition) is 5. The maximum absolute atomic E-state index is 11.7. The number of nitrogen functional groups attached to an aromatic ring is 1. The summed E-state index contributed by atoms with van der Waals surface area (Å²) in [5.41, 5.74) is 14.9. The highest BCUT2D eigenvalue weighted by Gasteiger charge is 2.36. The minimum absolute atomic E-state index is 0.198. The lowest BCUT2D eigenvalue weighted by Gasteiger charge is -2.34. The fourth-order valence-electron chi connectivity index (χ4n) is 3.56. The number of aromatic nitrogens is 1. The molecule has 3 aromatic carbocycles. The predicted octanol–water partition coefficient (Wildman–Crippen LogP) is 5.52. The quantitative estimate of drug-likeness (QED) is 0.369. The predicted molar refractivity (Wildman–Crippen MR) is 131 cm³/mol. The Kier molecular flexibility index (Phi) is 6.21. The summed E-state index contributed by atoms with van der Waals surface area (Å²) in [6.45, 7) is 0. The fraction of sp³-hybridized carbons (Fsp3) is 0.0400. The summed E-state index contributed by atoms with van der Waals surface area (Å²) < 4.78 is -0.483. The molecule has 4 N–H and O–H groups in total. The zero-order chi connectivity index (χ0) is 21.7. The Morgan fingerprint density at radius 3 is 1.71 bits per heavy atom. The monoisotopic (exact) mass is 443 g/mol. The van der Waals surface area contributed by atoms with Crippen molar-refractivity contribution in [1.29, 1.82) is 0 Å². The van der Waals surface area contributed by atoms with E-state index >= 15 is 0 Å². The molecule has 1 amide bonds. The van der Waals surface area contributed by atoms with Crippen molar-refractivity contribution in [2.75, 3.05) is 5.73 Å². The Labute approximate surface area is 189 Å². The molecule has 1 heterocycles. The van der Waals surface area contributed by atoms with Crippen LogP contribution in [0.4, 0.5) is 5.13 Å². The number of benzene rings is 3. The van der Waals surface area contributed by atoms with Gasteiger partial charge in [-0.3, -0.25) is 4.79 Å². The van der Waals surface area contributed by atoms with E-state index in [-0.39, 0.29) is 5.69 Å². The SMILES string of the molecule is NC(=O)c1nc(N)sc1C=CSC(c1ccccc1)(c1ccccc1)c1ccccc1. The van der Waals surface area contributed by atoms with E-state index in [9.17, 15) is 4.79 Å². The number of thioether (sulfide) groups is 1. The van der Waals surface area contributed by atoms with Gasteiger partial charge < -0.3 is 11.5 Å². The second-order valence-electron chi connectivity index (χ2n) is 6.83. The molecule has 4 aromatic rings. The summed E-state index contributed by atoms with van der Waals surface area (Å²) >= 11 is 2.90. The molecule has 0 aliphatic heterocycles. The van der Waals surface area contributed by atoms with Crippen LogP contribution in [0.15, 0.2) is 96.4 Å². The average Bonchev–Trinajstić information content (AvgIpc) is 3.19. The van der Waals surface area contributed by atoms with Crippen LogP contribution in [0, 0.1) is 0 Å². The molecule has 1 aromatic heterocycles. The lowest BCUT2D eigenvalue weighted by atomic mass is 9.84. The number of primary amides is 1. The molecule has 0 spiro atoms. The van der Waals surface area contributed by atoms with Gasteiger partial charge in [-0.05, 0) is 28.2 Å².